The number of anilines is 3. The minimum Gasteiger partial charge on any atom is -0.494 e. The van der Waals surface area contributed by atoms with Crippen molar-refractivity contribution >= 4 is 39.0 Å². The average Bonchev–Trinajstić information content (AvgIpc) is 2.98. The molecular formula is C14H15N5OS. The molecule has 4 N–H and O–H groups in total. The largest absolute Gasteiger partial charge is 0.494 e. The lowest BCUT2D eigenvalue weighted by Crippen LogP contribution is -2.11. The summed E-state index contributed by atoms with van der Waals surface area (Å²) in [5.41, 5.74) is 3.41. The summed E-state index contributed by atoms with van der Waals surface area (Å²) in [6.45, 7) is 2.61. The van der Waals surface area contributed by atoms with Gasteiger partial charge in [0.1, 0.15) is 16.4 Å². The predicted molar refractivity (Wildman–Crippen MR) is 86.1 cm³/mol. The minimum atomic E-state index is 0.387. The number of aromatic nitrogens is 2. The van der Waals surface area contributed by atoms with Crippen LogP contribution in [0.4, 0.5) is 17.5 Å². The summed E-state index contributed by atoms with van der Waals surface area (Å²) >= 11 is 1.54. The van der Waals surface area contributed by atoms with E-state index >= 15 is 0 Å². The highest BCUT2D eigenvalue weighted by atomic mass is 32.1. The number of hydrazine groups is 1. The van der Waals surface area contributed by atoms with Crippen LogP contribution in [0.25, 0.3) is 10.2 Å². The zero-order valence-corrected chi connectivity index (χ0v) is 12.3. The Bertz CT molecular complexity index is 741. The number of nitrogens with two attached hydrogens (primary N) is 1. The summed E-state index contributed by atoms with van der Waals surface area (Å²) < 4.78 is 5.43. The number of thiophene rings is 1. The number of nitrogen functional groups attached to an aromatic ring is 1. The molecule has 1 aromatic carbocycles. The number of ether oxygens (including phenoxy) is 1. The van der Waals surface area contributed by atoms with E-state index in [0.29, 0.717) is 12.6 Å². The number of nitrogens with one attached hydrogen (secondary N) is 2. The first kappa shape index (κ1) is 13.6. The summed E-state index contributed by atoms with van der Waals surface area (Å²) in [6, 6.07) is 9.71. The van der Waals surface area contributed by atoms with Crippen LogP contribution in [-0.2, 0) is 0 Å². The summed E-state index contributed by atoms with van der Waals surface area (Å²) in [6.07, 6.45) is 0. The van der Waals surface area contributed by atoms with Crippen LogP contribution < -0.4 is 21.3 Å². The lowest BCUT2D eigenvalue weighted by Gasteiger charge is -2.09. The van der Waals surface area contributed by atoms with E-state index < -0.39 is 0 Å². The van der Waals surface area contributed by atoms with Crippen molar-refractivity contribution in [3.63, 3.8) is 0 Å². The molecule has 0 spiro atoms. The zero-order chi connectivity index (χ0) is 14.7. The maximum atomic E-state index is 5.43. The van der Waals surface area contributed by atoms with Crippen molar-refractivity contribution in [3.05, 3.63) is 35.7 Å². The van der Waals surface area contributed by atoms with E-state index in [1.165, 1.54) is 0 Å². The first-order valence-electron chi connectivity index (χ1n) is 6.52. The maximum absolute atomic E-state index is 5.43. The first-order chi connectivity index (χ1) is 10.3. The lowest BCUT2D eigenvalue weighted by molar-refractivity contribution is 0.340. The molecule has 0 unspecified atom stereocenters. The van der Waals surface area contributed by atoms with Crippen molar-refractivity contribution in [3.8, 4) is 5.75 Å². The predicted octanol–water partition coefficient (Wildman–Crippen LogP) is 3.12. The fourth-order valence-electron chi connectivity index (χ4n) is 1.95. The molecule has 3 rings (SSSR count). The highest BCUT2D eigenvalue weighted by Crippen LogP contribution is 2.29. The summed E-state index contributed by atoms with van der Waals surface area (Å²) in [5, 5.41) is 6.22. The normalized spacial score (nSPS) is 10.6. The lowest BCUT2D eigenvalue weighted by atomic mass is 10.3. The Hall–Kier alpha value is -2.38. The van der Waals surface area contributed by atoms with Gasteiger partial charge >= 0.3 is 0 Å². The third-order valence-electron chi connectivity index (χ3n) is 2.88. The second-order valence-corrected chi connectivity index (χ2v) is 5.16. The fraction of sp³-hybridized carbons (Fsp3) is 0.143. The van der Waals surface area contributed by atoms with Crippen LogP contribution in [0.2, 0.25) is 0 Å². The third kappa shape index (κ3) is 2.88. The van der Waals surface area contributed by atoms with Crippen LogP contribution in [0, 0.1) is 0 Å². The summed E-state index contributed by atoms with van der Waals surface area (Å²) in [5.74, 6) is 7.36. The number of benzene rings is 1. The average molecular weight is 301 g/mol. The number of nitrogens with zero attached hydrogens (tertiary/aromatic N) is 2. The number of rotatable bonds is 5. The molecule has 0 aliphatic heterocycles. The van der Waals surface area contributed by atoms with Crippen molar-refractivity contribution in [2.45, 2.75) is 6.92 Å². The smallest absolute Gasteiger partial charge is 0.240 e. The van der Waals surface area contributed by atoms with Crippen LogP contribution in [0.5, 0.6) is 5.75 Å². The Morgan fingerprint density at radius 1 is 1.19 bits per heavy atom. The molecule has 0 fully saturated rings. The van der Waals surface area contributed by atoms with Crippen LogP contribution in [-0.4, -0.2) is 16.6 Å². The molecule has 2 aromatic heterocycles. The molecule has 6 nitrogen and oxygen atoms in total. The van der Waals surface area contributed by atoms with Gasteiger partial charge < -0.3 is 10.1 Å². The molecule has 0 atom stereocenters. The molecule has 0 amide bonds. The second kappa shape index (κ2) is 5.94. The highest BCUT2D eigenvalue weighted by Gasteiger charge is 2.08. The standard InChI is InChI=1S/C14H15N5OS/c1-2-20-10-5-3-9(4-6-10)16-12-11-7-8-21-13(11)18-14(17-12)19-15/h3-8H,2,15H2,1H3,(H2,16,17,18,19). The van der Waals surface area contributed by atoms with E-state index in [1.54, 1.807) is 11.3 Å². The first-order valence-corrected chi connectivity index (χ1v) is 7.40. The van der Waals surface area contributed by atoms with Gasteiger partial charge in [-0.15, -0.1) is 11.3 Å². The zero-order valence-electron chi connectivity index (χ0n) is 11.5. The van der Waals surface area contributed by atoms with Gasteiger partial charge in [0.25, 0.3) is 0 Å². The van der Waals surface area contributed by atoms with Crippen LogP contribution in [0.15, 0.2) is 35.7 Å². The molecule has 0 aliphatic carbocycles. The Kier molecular flexibility index (Phi) is 3.85. The SMILES string of the molecule is CCOc1ccc(Nc2nc(NN)nc3sccc23)cc1. The van der Waals surface area contributed by atoms with Gasteiger partial charge in [0, 0.05) is 5.69 Å². The van der Waals surface area contributed by atoms with Crippen LogP contribution in [0.3, 0.4) is 0 Å². The molecule has 2 heterocycles. The van der Waals surface area contributed by atoms with Crippen molar-refractivity contribution in [1.82, 2.24) is 9.97 Å². The quantitative estimate of drug-likeness (QED) is 0.496. The molecule has 21 heavy (non-hydrogen) atoms. The Morgan fingerprint density at radius 3 is 2.71 bits per heavy atom. The Labute approximate surface area is 126 Å². The van der Waals surface area contributed by atoms with Gasteiger partial charge in [-0.3, -0.25) is 5.43 Å². The maximum Gasteiger partial charge on any atom is 0.240 e. The third-order valence-corrected chi connectivity index (χ3v) is 3.69. The van der Waals surface area contributed by atoms with E-state index in [-0.39, 0.29) is 0 Å². The molecule has 3 aromatic rings. The fourth-order valence-corrected chi connectivity index (χ4v) is 2.72. The number of hydrogen-bond acceptors (Lipinski definition) is 7. The van der Waals surface area contributed by atoms with Gasteiger partial charge in [0.05, 0.1) is 12.0 Å². The van der Waals surface area contributed by atoms with Crippen molar-refractivity contribution in [1.29, 1.82) is 0 Å². The molecule has 7 heteroatoms. The topological polar surface area (TPSA) is 85.1 Å². The minimum absolute atomic E-state index is 0.387. The Morgan fingerprint density at radius 2 is 2.00 bits per heavy atom. The van der Waals surface area contributed by atoms with E-state index in [1.807, 2.05) is 42.6 Å². The van der Waals surface area contributed by atoms with E-state index in [9.17, 15) is 0 Å². The number of fused-ring (bicyclic) bond motifs is 1. The molecule has 0 radical (unpaired) electrons. The van der Waals surface area contributed by atoms with Crippen molar-refractivity contribution in [2.24, 2.45) is 5.84 Å². The summed E-state index contributed by atoms with van der Waals surface area (Å²) in [4.78, 5) is 9.55. The molecule has 0 bridgehead atoms. The Balaban J connectivity index is 1.91. The van der Waals surface area contributed by atoms with E-state index in [0.717, 1.165) is 27.5 Å². The molecule has 0 aliphatic rings. The van der Waals surface area contributed by atoms with Crippen molar-refractivity contribution < 1.29 is 4.74 Å². The van der Waals surface area contributed by atoms with Crippen LogP contribution in [0.1, 0.15) is 6.92 Å². The van der Waals surface area contributed by atoms with Gasteiger partial charge in [-0.25, -0.2) is 10.8 Å². The van der Waals surface area contributed by atoms with Gasteiger partial charge in [0.15, 0.2) is 0 Å². The second-order valence-electron chi connectivity index (χ2n) is 4.26. The van der Waals surface area contributed by atoms with Gasteiger partial charge in [0.2, 0.25) is 5.95 Å². The van der Waals surface area contributed by atoms with Crippen LogP contribution >= 0.6 is 11.3 Å². The van der Waals surface area contributed by atoms with E-state index in [4.69, 9.17) is 10.6 Å². The van der Waals surface area contributed by atoms with Crippen molar-refractivity contribution in [2.75, 3.05) is 17.3 Å². The monoisotopic (exact) mass is 301 g/mol. The van der Waals surface area contributed by atoms with Gasteiger partial charge in [-0.05, 0) is 42.6 Å². The number of hydrogen-bond donors (Lipinski definition) is 3. The highest BCUT2D eigenvalue weighted by molar-refractivity contribution is 7.16. The molecular weight excluding hydrogens is 286 g/mol. The molecule has 0 saturated carbocycles. The van der Waals surface area contributed by atoms with Gasteiger partial charge in [-0.1, -0.05) is 0 Å². The summed E-state index contributed by atoms with van der Waals surface area (Å²) in [7, 11) is 0. The van der Waals surface area contributed by atoms with Gasteiger partial charge in [-0.2, -0.15) is 4.98 Å². The molecule has 0 saturated heterocycles. The van der Waals surface area contributed by atoms with E-state index in [2.05, 4.69) is 20.7 Å². The molecule has 108 valence electrons.